The maximum absolute atomic E-state index is 11.0. The lowest BCUT2D eigenvalue weighted by molar-refractivity contribution is -0.130. The van der Waals surface area contributed by atoms with Crippen LogP contribution in [-0.2, 0) is 9.53 Å². The van der Waals surface area contributed by atoms with E-state index in [1.807, 2.05) is 20.8 Å². The van der Waals surface area contributed by atoms with Crippen LogP contribution in [0.1, 0.15) is 27.7 Å². The Kier molecular flexibility index (Phi) is 3.24. The van der Waals surface area contributed by atoms with Crippen molar-refractivity contribution in [3.8, 4) is 0 Å². The predicted octanol–water partition coefficient (Wildman–Crippen LogP) is 1.09. The molecule has 12 heavy (non-hydrogen) atoms. The van der Waals surface area contributed by atoms with Crippen LogP contribution in [0.2, 0.25) is 0 Å². The Labute approximate surface area is 72.1 Å². The van der Waals surface area contributed by atoms with E-state index in [4.69, 9.17) is 5.73 Å². The number of primary amides is 1. The zero-order chi connectivity index (χ0) is 9.94. The number of carbonyl (C=O) groups is 2. The van der Waals surface area contributed by atoms with Crippen LogP contribution < -0.4 is 5.73 Å². The summed E-state index contributed by atoms with van der Waals surface area (Å²) in [4.78, 5) is 21.4. The van der Waals surface area contributed by atoms with Gasteiger partial charge in [0.15, 0.2) is 11.9 Å². The minimum Gasteiger partial charge on any atom is -0.438 e. The van der Waals surface area contributed by atoms with Gasteiger partial charge in [0.05, 0.1) is 0 Å². The Hall–Kier alpha value is -1.06. The molecule has 0 aliphatic carbocycles. The van der Waals surface area contributed by atoms with Crippen LogP contribution in [0.15, 0.2) is 0 Å². The lowest BCUT2D eigenvalue weighted by Crippen LogP contribution is -2.38. The van der Waals surface area contributed by atoms with E-state index < -0.39 is 17.6 Å². The van der Waals surface area contributed by atoms with Crippen molar-refractivity contribution >= 4 is 11.9 Å². The zero-order valence-corrected chi connectivity index (χ0v) is 7.88. The minimum atomic E-state index is -0.912. The van der Waals surface area contributed by atoms with Gasteiger partial charge in [0, 0.05) is 5.41 Å². The fraction of sp³-hybridized carbons (Fsp3) is 0.750. The van der Waals surface area contributed by atoms with Crippen LogP contribution in [0.4, 0.5) is 4.79 Å². The molecule has 4 nitrogen and oxygen atoms in total. The van der Waals surface area contributed by atoms with Crippen molar-refractivity contribution in [2.45, 2.75) is 33.8 Å². The van der Waals surface area contributed by atoms with Crippen molar-refractivity contribution in [1.29, 1.82) is 0 Å². The standard InChI is InChI=1S/C8H15NO3/c1-5(10)6(8(2,3)4)12-7(9)11/h6H,1-4H3,(H2,9,11). The molecule has 0 saturated heterocycles. The Bertz CT molecular complexity index is 193. The summed E-state index contributed by atoms with van der Waals surface area (Å²) in [6.45, 7) is 6.80. The molecule has 0 spiro atoms. The van der Waals surface area contributed by atoms with Crippen molar-refractivity contribution < 1.29 is 14.3 Å². The number of Topliss-reactive ketones (excluding diaryl/α,β-unsaturated/α-hetero) is 1. The van der Waals surface area contributed by atoms with E-state index in [1.54, 1.807) is 0 Å². The summed E-state index contributed by atoms with van der Waals surface area (Å²) < 4.78 is 4.67. The van der Waals surface area contributed by atoms with Crippen LogP contribution in [0.5, 0.6) is 0 Å². The summed E-state index contributed by atoms with van der Waals surface area (Å²) >= 11 is 0. The summed E-state index contributed by atoms with van der Waals surface area (Å²) in [6.07, 6.45) is -1.67. The first-order valence-corrected chi connectivity index (χ1v) is 3.71. The second-order valence-corrected chi connectivity index (χ2v) is 3.79. The minimum absolute atomic E-state index is 0.193. The summed E-state index contributed by atoms with van der Waals surface area (Å²) in [6, 6.07) is 0. The molecule has 0 aromatic rings. The number of ether oxygens (including phenoxy) is 1. The lowest BCUT2D eigenvalue weighted by Gasteiger charge is -2.27. The van der Waals surface area contributed by atoms with Crippen molar-refractivity contribution in [3.05, 3.63) is 0 Å². The van der Waals surface area contributed by atoms with Crippen molar-refractivity contribution in [2.75, 3.05) is 0 Å². The van der Waals surface area contributed by atoms with Gasteiger partial charge in [-0.2, -0.15) is 0 Å². The number of nitrogens with two attached hydrogens (primary N) is 1. The third kappa shape index (κ3) is 3.37. The topological polar surface area (TPSA) is 69.4 Å². The first-order valence-electron chi connectivity index (χ1n) is 3.71. The number of carbonyl (C=O) groups excluding carboxylic acids is 2. The summed E-state index contributed by atoms with van der Waals surface area (Å²) in [7, 11) is 0. The molecule has 0 heterocycles. The van der Waals surface area contributed by atoms with E-state index >= 15 is 0 Å². The highest BCUT2D eigenvalue weighted by molar-refractivity contribution is 5.83. The van der Waals surface area contributed by atoms with Gasteiger partial charge < -0.3 is 10.5 Å². The highest BCUT2D eigenvalue weighted by atomic mass is 16.6. The van der Waals surface area contributed by atoms with E-state index in [-0.39, 0.29) is 5.78 Å². The fourth-order valence-electron chi connectivity index (χ4n) is 0.986. The zero-order valence-electron chi connectivity index (χ0n) is 7.88. The van der Waals surface area contributed by atoms with Crippen molar-refractivity contribution in [1.82, 2.24) is 0 Å². The third-order valence-electron chi connectivity index (χ3n) is 1.39. The van der Waals surface area contributed by atoms with E-state index in [0.29, 0.717) is 0 Å². The number of hydrogen-bond acceptors (Lipinski definition) is 3. The van der Waals surface area contributed by atoms with E-state index in [0.717, 1.165) is 0 Å². The number of amides is 1. The normalized spacial score (nSPS) is 13.7. The molecule has 1 unspecified atom stereocenters. The molecule has 4 heteroatoms. The van der Waals surface area contributed by atoms with Gasteiger partial charge in [-0.25, -0.2) is 4.79 Å². The molecule has 0 aliphatic rings. The second kappa shape index (κ2) is 3.56. The number of hydrogen-bond donors (Lipinski definition) is 1. The number of rotatable bonds is 2. The van der Waals surface area contributed by atoms with Gasteiger partial charge in [-0.1, -0.05) is 20.8 Å². The lowest BCUT2D eigenvalue weighted by atomic mass is 9.87. The molecule has 1 amide bonds. The predicted molar refractivity (Wildman–Crippen MR) is 44.6 cm³/mol. The molecular weight excluding hydrogens is 158 g/mol. The highest BCUT2D eigenvalue weighted by Crippen LogP contribution is 2.22. The monoisotopic (exact) mass is 173 g/mol. The van der Waals surface area contributed by atoms with Crippen LogP contribution in [0, 0.1) is 5.41 Å². The van der Waals surface area contributed by atoms with Gasteiger partial charge in [-0.3, -0.25) is 4.79 Å². The molecule has 0 rings (SSSR count). The Morgan fingerprint density at radius 1 is 1.33 bits per heavy atom. The average molecular weight is 173 g/mol. The van der Waals surface area contributed by atoms with Gasteiger partial charge in [0.1, 0.15) is 0 Å². The summed E-state index contributed by atoms with van der Waals surface area (Å²) in [5.74, 6) is -0.193. The van der Waals surface area contributed by atoms with Gasteiger partial charge in [0.2, 0.25) is 0 Å². The molecule has 0 radical (unpaired) electrons. The molecule has 1 atom stereocenters. The maximum atomic E-state index is 11.0. The molecule has 70 valence electrons. The molecule has 0 fully saturated rings. The fourth-order valence-corrected chi connectivity index (χ4v) is 0.986. The maximum Gasteiger partial charge on any atom is 0.405 e. The van der Waals surface area contributed by atoms with Crippen LogP contribution in [0.25, 0.3) is 0 Å². The van der Waals surface area contributed by atoms with Crippen molar-refractivity contribution in [2.24, 2.45) is 11.1 Å². The third-order valence-corrected chi connectivity index (χ3v) is 1.39. The molecule has 0 saturated carbocycles. The average Bonchev–Trinajstić information content (AvgIpc) is 1.79. The molecular formula is C8H15NO3. The molecule has 2 N–H and O–H groups in total. The van der Waals surface area contributed by atoms with E-state index in [2.05, 4.69) is 4.74 Å². The summed E-state index contributed by atoms with van der Waals surface area (Å²) in [5, 5.41) is 0. The first kappa shape index (κ1) is 10.9. The second-order valence-electron chi connectivity index (χ2n) is 3.79. The van der Waals surface area contributed by atoms with Crippen molar-refractivity contribution in [3.63, 3.8) is 0 Å². The largest absolute Gasteiger partial charge is 0.438 e. The first-order chi connectivity index (χ1) is 5.25. The van der Waals surface area contributed by atoms with Crippen LogP contribution in [0.3, 0.4) is 0 Å². The Balaban J connectivity index is 4.46. The van der Waals surface area contributed by atoms with Gasteiger partial charge >= 0.3 is 6.09 Å². The van der Waals surface area contributed by atoms with E-state index in [1.165, 1.54) is 6.92 Å². The van der Waals surface area contributed by atoms with Gasteiger partial charge in [-0.05, 0) is 6.92 Å². The van der Waals surface area contributed by atoms with Gasteiger partial charge in [0.25, 0.3) is 0 Å². The SMILES string of the molecule is CC(=O)C(OC(N)=O)C(C)(C)C. The summed E-state index contributed by atoms with van der Waals surface area (Å²) in [5.41, 5.74) is 4.41. The van der Waals surface area contributed by atoms with Gasteiger partial charge in [-0.15, -0.1) is 0 Å². The molecule has 0 aromatic carbocycles. The number of ketones is 1. The molecule has 0 bridgehead atoms. The highest BCUT2D eigenvalue weighted by Gasteiger charge is 2.31. The molecule has 0 aliphatic heterocycles. The van der Waals surface area contributed by atoms with E-state index in [9.17, 15) is 9.59 Å². The van der Waals surface area contributed by atoms with Crippen LogP contribution in [-0.4, -0.2) is 18.0 Å². The Morgan fingerprint density at radius 3 is 1.83 bits per heavy atom. The molecule has 0 aromatic heterocycles. The quantitative estimate of drug-likeness (QED) is 0.679. The Morgan fingerprint density at radius 2 is 1.75 bits per heavy atom. The smallest absolute Gasteiger partial charge is 0.405 e. The van der Waals surface area contributed by atoms with Crippen LogP contribution >= 0.6 is 0 Å².